The SMILES string of the molecule is CC1=N/C(=C2\CN(C(=O)c3ccc(F)cc3OC(CO)c3ccc(F)cc3)CC2=N)NC(C)=C1Cl. The van der Waals surface area contributed by atoms with Gasteiger partial charge in [-0.25, -0.2) is 13.8 Å². The molecule has 0 aliphatic carbocycles. The summed E-state index contributed by atoms with van der Waals surface area (Å²) >= 11 is 6.19. The van der Waals surface area contributed by atoms with Gasteiger partial charge in [-0.05, 0) is 43.7 Å². The summed E-state index contributed by atoms with van der Waals surface area (Å²) in [7, 11) is 0. The molecule has 1 unspecified atom stereocenters. The van der Waals surface area contributed by atoms with Crippen molar-refractivity contribution in [3.05, 3.63) is 87.3 Å². The Morgan fingerprint density at radius 3 is 2.54 bits per heavy atom. The molecule has 10 heteroatoms. The third kappa shape index (κ3) is 5.11. The zero-order valence-electron chi connectivity index (χ0n) is 19.0. The summed E-state index contributed by atoms with van der Waals surface area (Å²) in [5.41, 5.74) is 2.60. The highest BCUT2D eigenvalue weighted by Gasteiger charge is 2.32. The smallest absolute Gasteiger partial charge is 0.258 e. The molecule has 4 rings (SSSR count). The van der Waals surface area contributed by atoms with E-state index in [1.807, 2.05) is 0 Å². The lowest BCUT2D eigenvalue weighted by Crippen LogP contribution is -2.29. The van der Waals surface area contributed by atoms with E-state index in [9.17, 15) is 18.7 Å². The summed E-state index contributed by atoms with van der Waals surface area (Å²) < 4.78 is 33.2. The number of aliphatic hydroxyl groups is 1. The quantitative estimate of drug-likeness (QED) is 0.570. The maximum absolute atomic E-state index is 14.1. The van der Waals surface area contributed by atoms with Gasteiger partial charge in [0.15, 0.2) is 0 Å². The summed E-state index contributed by atoms with van der Waals surface area (Å²) in [6, 6.07) is 8.83. The Labute approximate surface area is 205 Å². The van der Waals surface area contributed by atoms with Gasteiger partial charge in [-0.15, -0.1) is 0 Å². The van der Waals surface area contributed by atoms with Gasteiger partial charge in [0.1, 0.15) is 29.3 Å². The fourth-order valence-electron chi connectivity index (χ4n) is 3.86. The molecule has 2 aliphatic heterocycles. The lowest BCUT2D eigenvalue weighted by Gasteiger charge is -2.22. The van der Waals surface area contributed by atoms with Gasteiger partial charge in [-0.2, -0.15) is 0 Å². The molecule has 3 N–H and O–H groups in total. The van der Waals surface area contributed by atoms with E-state index in [4.69, 9.17) is 21.7 Å². The van der Waals surface area contributed by atoms with Gasteiger partial charge in [-0.1, -0.05) is 23.7 Å². The normalized spacial score (nSPS) is 19.0. The molecule has 1 amide bonds. The fourth-order valence-corrected chi connectivity index (χ4v) is 3.95. The molecule has 0 spiro atoms. The molecule has 0 saturated carbocycles. The van der Waals surface area contributed by atoms with Crippen LogP contribution in [0, 0.1) is 17.0 Å². The number of hydrogen-bond acceptors (Lipinski definition) is 6. The van der Waals surface area contributed by atoms with Crippen molar-refractivity contribution in [1.29, 1.82) is 5.41 Å². The number of carbonyl (C=O) groups excluding carboxylic acids is 1. The second-order valence-electron chi connectivity index (χ2n) is 8.21. The van der Waals surface area contributed by atoms with Crippen molar-refractivity contribution in [1.82, 2.24) is 10.2 Å². The van der Waals surface area contributed by atoms with Crippen molar-refractivity contribution in [2.24, 2.45) is 4.99 Å². The average Bonchev–Trinajstić information content (AvgIpc) is 3.22. The number of carbonyl (C=O) groups is 1. The number of amides is 1. The largest absolute Gasteiger partial charge is 0.482 e. The van der Waals surface area contributed by atoms with Crippen molar-refractivity contribution in [3.63, 3.8) is 0 Å². The summed E-state index contributed by atoms with van der Waals surface area (Å²) in [6.45, 7) is 3.22. The lowest BCUT2D eigenvalue weighted by molar-refractivity contribution is 0.0784. The Kier molecular flexibility index (Phi) is 7.00. The Hall–Kier alpha value is -3.56. The number of likely N-dealkylation sites (tertiary alicyclic amines) is 1. The van der Waals surface area contributed by atoms with Crippen LogP contribution in [0.25, 0.3) is 0 Å². The van der Waals surface area contributed by atoms with E-state index in [-0.39, 0.29) is 30.1 Å². The molecule has 1 atom stereocenters. The van der Waals surface area contributed by atoms with Crippen molar-refractivity contribution in [2.75, 3.05) is 19.7 Å². The number of rotatable bonds is 5. The van der Waals surface area contributed by atoms with Gasteiger partial charge in [0, 0.05) is 17.3 Å². The first-order valence-electron chi connectivity index (χ1n) is 10.8. The standard InChI is InChI=1S/C25H23ClF2N4O3/c1-13-23(26)14(2)31-24(30-13)19-10-32(11-20(19)29)25(34)18-8-7-17(28)9-21(18)35-22(12-33)15-3-5-16(27)6-4-15/h3-9,22,29-30,33H,10-12H2,1-2H3/b24-19+,29-20?. The van der Waals surface area contributed by atoms with E-state index < -0.39 is 30.3 Å². The lowest BCUT2D eigenvalue weighted by atomic mass is 10.1. The molecule has 1 saturated heterocycles. The first-order valence-corrected chi connectivity index (χ1v) is 11.2. The molecule has 2 aromatic rings. The van der Waals surface area contributed by atoms with Gasteiger partial charge in [-0.3, -0.25) is 4.79 Å². The van der Waals surface area contributed by atoms with Crippen LogP contribution in [0.4, 0.5) is 8.78 Å². The zero-order valence-corrected chi connectivity index (χ0v) is 19.8. The van der Waals surface area contributed by atoms with Crippen LogP contribution in [0.1, 0.15) is 35.9 Å². The predicted octanol–water partition coefficient (Wildman–Crippen LogP) is 4.30. The van der Waals surface area contributed by atoms with E-state index >= 15 is 0 Å². The molecule has 2 aliphatic rings. The van der Waals surface area contributed by atoms with E-state index in [2.05, 4.69) is 10.3 Å². The van der Waals surface area contributed by atoms with Crippen LogP contribution in [0.2, 0.25) is 0 Å². The van der Waals surface area contributed by atoms with E-state index in [0.717, 1.165) is 12.1 Å². The summed E-state index contributed by atoms with van der Waals surface area (Å²) in [5.74, 6) is -1.16. The number of ether oxygens (including phenoxy) is 1. The first kappa shape index (κ1) is 24.6. The molecular weight excluding hydrogens is 478 g/mol. The number of aliphatic hydroxyl groups excluding tert-OH is 1. The predicted molar refractivity (Wildman–Crippen MR) is 129 cm³/mol. The molecule has 0 radical (unpaired) electrons. The Morgan fingerprint density at radius 1 is 1.20 bits per heavy atom. The number of allylic oxidation sites excluding steroid dienone is 2. The highest BCUT2D eigenvalue weighted by Crippen LogP contribution is 2.30. The number of halogens is 3. The molecule has 0 aromatic heterocycles. The van der Waals surface area contributed by atoms with Gasteiger partial charge in [0.2, 0.25) is 0 Å². The van der Waals surface area contributed by atoms with Gasteiger partial charge < -0.3 is 25.5 Å². The van der Waals surface area contributed by atoms with Crippen LogP contribution >= 0.6 is 11.6 Å². The molecule has 2 aromatic carbocycles. The van der Waals surface area contributed by atoms with E-state index in [0.29, 0.717) is 33.4 Å². The van der Waals surface area contributed by atoms with Crippen LogP contribution in [0.3, 0.4) is 0 Å². The summed E-state index contributed by atoms with van der Waals surface area (Å²) in [6.07, 6.45) is -0.943. The molecule has 1 fully saturated rings. The number of nitrogens with zero attached hydrogens (tertiary/aromatic N) is 2. The second kappa shape index (κ2) is 9.97. The molecule has 182 valence electrons. The number of nitrogens with one attached hydrogen (secondary N) is 2. The molecular formula is C25H23ClF2N4O3. The average molecular weight is 501 g/mol. The molecule has 35 heavy (non-hydrogen) atoms. The number of benzene rings is 2. The number of aliphatic imine (C=N–C) groups is 1. The summed E-state index contributed by atoms with van der Waals surface area (Å²) in [4.78, 5) is 19.2. The van der Waals surface area contributed by atoms with Crippen LogP contribution in [0.5, 0.6) is 5.75 Å². The van der Waals surface area contributed by atoms with Crippen LogP contribution < -0.4 is 10.1 Å². The highest BCUT2D eigenvalue weighted by molar-refractivity contribution is 6.43. The van der Waals surface area contributed by atoms with E-state index in [1.54, 1.807) is 13.8 Å². The maximum Gasteiger partial charge on any atom is 0.258 e. The zero-order chi connectivity index (χ0) is 25.3. The number of hydrogen-bond donors (Lipinski definition) is 3. The Balaban J connectivity index is 1.61. The molecule has 7 nitrogen and oxygen atoms in total. The van der Waals surface area contributed by atoms with Gasteiger partial charge in [0.25, 0.3) is 5.91 Å². The minimum absolute atomic E-state index is 0.0304. The molecule has 2 heterocycles. The van der Waals surface area contributed by atoms with Crippen LogP contribution in [-0.4, -0.2) is 47.0 Å². The monoisotopic (exact) mass is 500 g/mol. The Bertz CT molecular complexity index is 1290. The topological polar surface area (TPSA) is 98.0 Å². The third-order valence-corrected chi connectivity index (χ3v) is 6.28. The van der Waals surface area contributed by atoms with Crippen molar-refractivity contribution in [3.8, 4) is 5.75 Å². The van der Waals surface area contributed by atoms with Crippen LogP contribution in [0.15, 0.2) is 69.6 Å². The summed E-state index contributed by atoms with van der Waals surface area (Å²) in [5, 5.41) is 21.8. The van der Waals surface area contributed by atoms with Crippen molar-refractivity contribution in [2.45, 2.75) is 20.0 Å². The van der Waals surface area contributed by atoms with Crippen LogP contribution in [-0.2, 0) is 0 Å². The van der Waals surface area contributed by atoms with E-state index in [1.165, 1.54) is 35.2 Å². The second-order valence-corrected chi connectivity index (χ2v) is 8.59. The maximum atomic E-state index is 14.1. The highest BCUT2D eigenvalue weighted by atomic mass is 35.5. The minimum Gasteiger partial charge on any atom is -0.482 e. The van der Waals surface area contributed by atoms with Gasteiger partial charge >= 0.3 is 0 Å². The fraction of sp³-hybridized carbons (Fsp3) is 0.240. The minimum atomic E-state index is -0.943. The molecule has 0 bridgehead atoms. The van der Waals surface area contributed by atoms with Gasteiger partial charge in [0.05, 0.1) is 41.7 Å². The first-order chi connectivity index (χ1) is 16.7. The Morgan fingerprint density at radius 2 is 1.89 bits per heavy atom. The van der Waals surface area contributed by atoms with Crippen molar-refractivity contribution >= 4 is 28.9 Å². The third-order valence-electron chi connectivity index (χ3n) is 5.72. The van der Waals surface area contributed by atoms with Crippen molar-refractivity contribution < 1.29 is 23.4 Å².